The third-order valence-corrected chi connectivity index (χ3v) is 6.67. The van der Waals surface area contributed by atoms with Crippen LogP contribution in [0, 0.1) is 0 Å². The molecule has 1 N–H and O–H groups in total. The van der Waals surface area contributed by atoms with Crippen LogP contribution in [0.25, 0.3) is 10.6 Å². The molecule has 118 valence electrons. The van der Waals surface area contributed by atoms with Gasteiger partial charge >= 0.3 is 0 Å². The molecule has 1 atom stereocenters. The number of thioether (sulfide) groups is 1. The summed E-state index contributed by atoms with van der Waals surface area (Å²) in [5.41, 5.74) is 2.26. The average molecular weight is 353 g/mol. The molecule has 2 aromatic heterocycles. The summed E-state index contributed by atoms with van der Waals surface area (Å²) >= 11 is 5.03. The van der Waals surface area contributed by atoms with Gasteiger partial charge in [0.15, 0.2) is 0 Å². The fourth-order valence-corrected chi connectivity index (χ4v) is 4.99. The van der Waals surface area contributed by atoms with Crippen molar-refractivity contribution in [2.45, 2.75) is 49.7 Å². The van der Waals surface area contributed by atoms with E-state index in [-0.39, 0.29) is 11.2 Å². The Bertz CT molecular complexity index is 603. The molecule has 0 radical (unpaired) electrons. The lowest BCUT2D eigenvalue weighted by Crippen LogP contribution is -2.37. The number of aromatic nitrogens is 1. The maximum absolute atomic E-state index is 12.2. The molecule has 0 spiro atoms. The predicted octanol–water partition coefficient (Wildman–Crippen LogP) is 4.55. The first kappa shape index (κ1) is 16.0. The number of thiophene rings is 1. The molecule has 3 nitrogen and oxygen atoms in total. The number of nitrogens with zero attached hydrogens (tertiary/aromatic N) is 1. The van der Waals surface area contributed by atoms with E-state index in [4.69, 9.17) is 0 Å². The first-order valence-corrected chi connectivity index (χ1v) is 10.5. The van der Waals surface area contributed by atoms with Gasteiger partial charge in [-0.05, 0) is 31.2 Å². The lowest BCUT2D eigenvalue weighted by Gasteiger charge is -2.15. The Kier molecular flexibility index (Phi) is 5.55. The SMILES string of the molecule is CC(SCc1csc(-c2ccsc2)n1)C(=O)NC1CCCC1. The average Bonchev–Trinajstić information content (AvgIpc) is 3.25. The zero-order valence-electron chi connectivity index (χ0n) is 12.6. The fourth-order valence-electron chi connectivity index (χ4n) is 2.57. The zero-order valence-corrected chi connectivity index (χ0v) is 15.0. The number of carbonyl (C=O) groups is 1. The van der Waals surface area contributed by atoms with E-state index in [1.165, 1.54) is 18.4 Å². The number of rotatable bonds is 6. The minimum absolute atomic E-state index is 0.0214. The van der Waals surface area contributed by atoms with Crippen LogP contribution in [0.4, 0.5) is 0 Å². The Morgan fingerprint density at radius 2 is 2.27 bits per heavy atom. The van der Waals surface area contributed by atoms with Gasteiger partial charge in [-0.1, -0.05) is 12.8 Å². The summed E-state index contributed by atoms with van der Waals surface area (Å²) in [5.74, 6) is 0.963. The second kappa shape index (κ2) is 7.62. The van der Waals surface area contributed by atoms with E-state index in [0.29, 0.717) is 6.04 Å². The summed E-state index contributed by atoms with van der Waals surface area (Å²) in [5, 5.41) is 10.5. The Hall–Kier alpha value is -0.850. The van der Waals surface area contributed by atoms with Crippen LogP contribution in [0.3, 0.4) is 0 Å². The van der Waals surface area contributed by atoms with Gasteiger partial charge in [0.2, 0.25) is 5.91 Å². The van der Waals surface area contributed by atoms with Crippen molar-refractivity contribution in [1.82, 2.24) is 10.3 Å². The van der Waals surface area contributed by atoms with Crippen LogP contribution in [0.1, 0.15) is 38.3 Å². The number of nitrogens with one attached hydrogen (secondary N) is 1. The van der Waals surface area contributed by atoms with Crippen LogP contribution in [0.2, 0.25) is 0 Å². The highest BCUT2D eigenvalue weighted by Gasteiger charge is 2.21. The van der Waals surface area contributed by atoms with Gasteiger partial charge < -0.3 is 5.32 Å². The third-order valence-electron chi connectivity index (χ3n) is 3.87. The van der Waals surface area contributed by atoms with Gasteiger partial charge in [-0.3, -0.25) is 4.79 Å². The van der Waals surface area contributed by atoms with Gasteiger partial charge in [-0.15, -0.1) is 23.1 Å². The van der Waals surface area contributed by atoms with Crippen LogP contribution in [-0.2, 0) is 10.5 Å². The second-order valence-electron chi connectivity index (χ2n) is 5.60. The molecule has 0 aliphatic heterocycles. The molecule has 1 amide bonds. The topological polar surface area (TPSA) is 42.0 Å². The van der Waals surface area contributed by atoms with Crippen molar-refractivity contribution in [3.8, 4) is 10.6 Å². The number of carbonyl (C=O) groups excluding carboxylic acids is 1. The van der Waals surface area contributed by atoms with Crippen LogP contribution in [0.5, 0.6) is 0 Å². The smallest absolute Gasteiger partial charge is 0.233 e. The summed E-state index contributed by atoms with van der Waals surface area (Å²) in [7, 11) is 0. The van der Waals surface area contributed by atoms with E-state index >= 15 is 0 Å². The fraction of sp³-hybridized carbons (Fsp3) is 0.500. The molecule has 22 heavy (non-hydrogen) atoms. The maximum Gasteiger partial charge on any atom is 0.233 e. The van der Waals surface area contributed by atoms with Crippen LogP contribution in [-0.4, -0.2) is 22.2 Å². The van der Waals surface area contributed by atoms with Crippen molar-refractivity contribution in [1.29, 1.82) is 0 Å². The molecule has 2 heterocycles. The largest absolute Gasteiger partial charge is 0.352 e. The Labute approximate surface area is 143 Å². The van der Waals surface area contributed by atoms with E-state index in [1.807, 2.05) is 6.92 Å². The summed E-state index contributed by atoms with van der Waals surface area (Å²) in [4.78, 5) is 16.8. The monoisotopic (exact) mass is 352 g/mol. The molecule has 2 aromatic rings. The van der Waals surface area contributed by atoms with E-state index < -0.39 is 0 Å². The van der Waals surface area contributed by atoms with Gasteiger partial charge in [0.05, 0.1) is 10.9 Å². The first-order chi connectivity index (χ1) is 10.7. The Morgan fingerprint density at radius 1 is 1.45 bits per heavy atom. The highest BCUT2D eigenvalue weighted by molar-refractivity contribution is 7.99. The molecule has 1 saturated carbocycles. The third kappa shape index (κ3) is 4.12. The number of amides is 1. The molecule has 0 bridgehead atoms. The van der Waals surface area contributed by atoms with Crippen LogP contribution in [0.15, 0.2) is 22.2 Å². The highest BCUT2D eigenvalue weighted by atomic mass is 32.2. The number of hydrogen-bond acceptors (Lipinski definition) is 5. The van der Waals surface area contributed by atoms with Crippen molar-refractivity contribution < 1.29 is 4.79 Å². The minimum Gasteiger partial charge on any atom is -0.352 e. The molecule has 1 aliphatic carbocycles. The van der Waals surface area contributed by atoms with Crippen molar-refractivity contribution >= 4 is 40.3 Å². The van der Waals surface area contributed by atoms with E-state index in [2.05, 4.69) is 32.5 Å². The normalized spacial score (nSPS) is 16.8. The van der Waals surface area contributed by atoms with Gasteiger partial charge in [0.1, 0.15) is 5.01 Å². The Balaban J connectivity index is 1.48. The number of thiazole rings is 1. The quantitative estimate of drug-likeness (QED) is 0.829. The van der Waals surface area contributed by atoms with Crippen molar-refractivity contribution in [3.63, 3.8) is 0 Å². The summed E-state index contributed by atoms with van der Waals surface area (Å²) in [6.07, 6.45) is 4.77. The minimum atomic E-state index is -0.0214. The summed E-state index contributed by atoms with van der Waals surface area (Å²) in [6.45, 7) is 1.99. The molecule has 0 aromatic carbocycles. The lowest BCUT2D eigenvalue weighted by molar-refractivity contribution is -0.120. The first-order valence-electron chi connectivity index (χ1n) is 7.61. The van der Waals surface area contributed by atoms with Gasteiger partial charge in [-0.25, -0.2) is 4.98 Å². The van der Waals surface area contributed by atoms with Gasteiger partial charge in [0.25, 0.3) is 0 Å². The summed E-state index contributed by atoms with van der Waals surface area (Å²) in [6, 6.07) is 2.50. The standard InChI is InChI=1S/C16H20N2OS3/c1-11(15(19)17-13-4-2-3-5-13)21-9-14-10-22-16(18-14)12-6-7-20-8-12/h6-8,10-11,13H,2-5,9H2,1H3,(H,17,19). The van der Waals surface area contributed by atoms with E-state index in [0.717, 1.165) is 29.3 Å². The van der Waals surface area contributed by atoms with Crippen LogP contribution >= 0.6 is 34.4 Å². The predicted molar refractivity (Wildman–Crippen MR) is 96.6 cm³/mol. The molecule has 0 saturated heterocycles. The second-order valence-corrected chi connectivity index (χ2v) is 8.57. The van der Waals surface area contributed by atoms with Crippen molar-refractivity contribution in [2.24, 2.45) is 0 Å². The van der Waals surface area contributed by atoms with Gasteiger partial charge in [-0.2, -0.15) is 11.3 Å². The molecule has 1 unspecified atom stereocenters. The lowest BCUT2D eigenvalue weighted by atomic mass is 10.2. The van der Waals surface area contributed by atoms with Crippen molar-refractivity contribution in [3.05, 3.63) is 27.9 Å². The molecule has 3 rings (SSSR count). The zero-order chi connectivity index (χ0) is 15.4. The van der Waals surface area contributed by atoms with Crippen LogP contribution < -0.4 is 5.32 Å². The summed E-state index contributed by atoms with van der Waals surface area (Å²) < 4.78 is 0. The highest BCUT2D eigenvalue weighted by Crippen LogP contribution is 2.28. The van der Waals surface area contributed by atoms with Crippen molar-refractivity contribution in [2.75, 3.05) is 0 Å². The van der Waals surface area contributed by atoms with Gasteiger partial charge in [0, 0.05) is 28.1 Å². The van der Waals surface area contributed by atoms with E-state index in [1.54, 1.807) is 34.4 Å². The molecular formula is C16H20N2OS3. The molecular weight excluding hydrogens is 332 g/mol. The van der Waals surface area contributed by atoms with E-state index in [9.17, 15) is 4.79 Å². The Morgan fingerprint density at radius 3 is 3.00 bits per heavy atom. The molecule has 1 aliphatic rings. The molecule has 6 heteroatoms. The number of hydrogen-bond donors (Lipinski definition) is 1. The molecule has 1 fully saturated rings. The maximum atomic E-state index is 12.2.